The largest absolute Gasteiger partial charge is 0.313 e. The topological polar surface area (TPSA) is 12.0 Å². The zero-order valence-corrected chi connectivity index (χ0v) is 10.6. The summed E-state index contributed by atoms with van der Waals surface area (Å²) in [6.07, 6.45) is 1.18. The fourth-order valence-electron chi connectivity index (χ4n) is 1.41. The molecule has 0 radical (unpaired) electrons. The molecule has 0 amide bonds. The van der Waals surface area contributed by atoms with E-state index < -0.39 is 0 Å². The highest BCUT2D eigenvalue weighted by atomic mass is 32.2. The van der Waals surface area contributed by atoms with Gasteiger partial charge in [0.2, 0.25) is 0 Å². The number of thioether (sulfide) groups is 1. The molecular formula is C11H19NS2. The minimum Gasteiger partial charge on any atom is -0.313 e. The van der Waals surface area contributed by atoms with Crippen LogP contribution in [0.2, 0.25) is 0 Å². The molecule has 1 rings (SSSR count). The van der Waals surface area contributed by atoms with Crippen molar-refractivity contribution in [3.63, 3.8) is 0 Å². The van der Waals surface area contributed by atoms with Gasteiger partial charge in [-0.3, -0.25) is 0 Å². The number of rotatable bonds is 7. The molecule has 1 N–H and O–H groups in total. The molecule has 0 aliphatic rings. The first-order valence-electron chi connectivity index (χ1n) is 5.20. The zero-order valence-electron chi connectivity index (χ0n) is 8.95. The van der Waals surface area contributed by atoms with Gasteiger partial charge < -0.3 is 5.32 Å². The molecule has 0 saturated heterocycles. The van der Waals surface area contributed by atoms with E-state index in [9.17, 15) is 0 Å². The highest BCUT2D eigenvalue weighted by Gasteiger charge is 2.08. The standard InChI is InChI=1S/C11H19NS2/c1-3-12-10(9-13-4-2)8-11-6-5-7-14-11/h5-7,10,12H,3-4,8-9H2,1-2H3. The predicted octanol–water partition coefficient (Wildman–Crippen LogP) is 3.02. The van der Waals surface area contributed by atoms with Crippen molar-refractivity contribution in [3.05, 3.63) is 22.4 Å². The Balaban J connectivity index is 2.34. The predicted molar refractivity (Wildman–Crippen MR) is 68.5 cm³/mol. The van der Waals surface area contributed by atoms with E-state index in [1.807, 2.05) is 23.1 Å². The maximum absolute atomic E-state index is 3.54. The minimum absolute atomic E-state index is 0.642. The molecule has 0 bridgehead atoms. The van der Waals surface area contributed by atoms with Crippen LogP contribution < -0.4 is 5.32 Å². The van der Waals surface area contributed by atoms with E-state index in [0.717, 1.165) is 6.54 Å². The van der Waals surface area contributed by atoms with Gasteiger partial charge in [-0.05, 0) is 30.2 Å². The maximum atomic E-state index is 3.54. The lowest BCUT2D eigenvalue weighted by Gasteiger charge is -2.16. The van der Waals surface area contributed by atoms with Crippen LogP contribution in [-0.2, 0) is 6.42 Å². The summed E-state index contributed by atoms with van der Waals surface area (Å²) in [6, 6.07) is 5.00. The Hall–Kier alpha value is 0.01000. The van der Waals surface area contributed by atoms with Gasteiger partial charge in [0.15, 0.2) is 0 Å². The third-order valence-corrected chi connectivity index (χ3v) is 3.99. The normalized spacial score (nSPS) is 13.0. The lowest BCUT2D eigenvalue weighted by molar-refractivity contribution is 0.576. The van der Waals surface area contributed by atoms with Gasteiger partial charge in [-0.25, -0.2) is 0 Å². The second kappa shape index (κ2) is 7.32. The van der Waals surface area contributed by atoms with Crippen LogP contribution in [0.3, 0.4) is 0 Å². The van der Waals surface area contributed by atoms with Gasteiger partial charge in [0.1, 0.15) is 0 Å². The van der Waals surface area contributed by atoms with Crippen molar-refractivity contribution in [3.8, 4) is 0 Å². The Labute approximate surface area is 95.3 Å². The fraction of sp³-hybridized carbons (Fsp3) is 0.636. The van der Waals surface area contributed by atoms with E-state index in [0.29, 0.717) is 6.04 Å². The van der Waals surface area contributed by atoms with E-state index in [2.05, 4.69) is 36.7 Å². The number of likely N-dealkylation sites (N-methyl/N-ethyl adjacent to an activating group) is 1. The van der Waals surface area contributed by atoms with E-state index >= 15 is 0 Å². The van der Waals surface area contributed by atoms with E-state index in [1.54, 1.807) is 0 Å². The van der Waals surface area contributed by atoms with Gasteiger partial charge in [-0.1, -0.05) is 19.9 Å². The van der Waals surface area contributed by atoms with Gasteiger partial charge in [-0.2, -0.15) is 11.8 Å². The lowest BCUT2D eigenvalue weighted by Crippen LogP contribution is -2.33. The monoisotopic (exact) mass is 229 g/mol. The average molecular weight is 229 g/mol. The molecule has 0 aliphatic carbocycles. The van der Waals surface area contributed by atoms with Gasteiger partial charge in [0.05, 0.1) is 0 Å². The molecule has 0 saturated carbocycles. The Morgan fingerprint density at radius 2 is 2.36 bits per heavy atom. The molecule has 3 heteroatoms. The molecule has 1 aromatic rings. The molecule has 1 atom stereocenters. The van der Waals surface area contributed by atoms with Crippen LogP contribution in [-0.4, -0.2) is 24.1 Å². The first-order chi connectivity index (χ1) is 6.86. The summed E-state index contributed by atoms with van der Waals surface area (Å²) in [4.78, 5) is 1.49. The van der Waals surface area contributed by atoms with E-state index in [4.69, 9.17) is 0 Å². The van der Waals surface area contributed by atoms with Gasteiger partial charge in [0, 0.05) is 16.7 Å². The second-order valence-corrected chi connectivity index (χ2v) is 5.55. The summed E-state index contributed by atoms with van der Waals surface area (Å²) < 4.78 is 0. The summed E-state index contributed by atoms with van der Waals surface area (Å²) in [5.74, 6) is 2.44. The van der Waals surface area contributed by atoms with Gasteiger partial charge >= 0.3 is 0 Å². The van der Waals surface area contributed by atoms with Crippen LogP contribution >= 0.6 is 23.1 Å². The molecule has 14 heavy (non-hydrogen) atoms. The molecule has 0 aromatic carbocycles. The first kappa shape index (κ1) is 12.1. The summed E-state index contributed by atoms with van der Waals surface area (Å²) in [5.41, 5.74) is 0. The fourth-order valence-corrected chi connectivity index (χ4v) is 2.95. The Kier molecular flexibility index (Phi) is 6.32. The van der Waals surface area contributed by atoms with Gasteiger partial charge in [-0.15, -0.1) is 11.3 Å². The highest BCUT2D eigenvalue weighted by Crippen LogP contribution is 2.13. The number of nitrogens with one attached hydrogen (secondary N) is 1. The smallest absolute Gasteiger partial charge is 0.0206 e. The third kappa shape index (κ3) is 4.49. The van der Waals surface area contributed by atoms with Crippen LogP contribution in [0, 0.1) is 0 Å². The number of hydrogen-bond donors (Lipinski definition) is 1. The molecule has 1 nitrogen and oxygen atoms in total. The van der Waals surface area contributed by atoms with Crippen LogP contribution in [0.15, 0.2) is 17.5 Å². The zero-order chi connectivity index (χ0) is 10.2. The van der Waals surface area contributed by atoms with Crippen molar-refractivity contribution in [2.45, 2.75) is 26.3 Å². The molecule has 0 spiro atoms. The van der Waals surface area contributed by atoms with Crippen molar-refractivity contribution in [2.75, 3.05) is 18.1 Å². The summed E-state index contributed by atoms with van der Waals surface area (Å²) in [5, 5.41) is 5.70. The average Bonchev–Trinajstić information content (AvgIpc) is 2.67. The Morgan fingerprint density at radius 3 is 2.93 bits per heavy atom. The summed E-state index contributed by atoms with van der Waals surface area (Å²) in [6.45, 7) is 5.47. The van der Waals surface area contributed by atoms with Crippen molar-refractivity contribution < 1.29 is 0 Å². The maximum Gasteiger partial charge on any atom is 0.0206 e. The lowest BCUT2D eigenvalue weighted by atomic mass is 10.2. The van der Waals surface area contributed by atoms with E-state index in [1.165, 1.54) is 22.8 Å². The van der Waals surface area contributed by atoms with Crippen molar-refractivity contribution in [1.29, 1.82) is 0 Å². The molecule has 80 valence electrons. The van der Waals surface area contributed by atoms with E-state index in [-0.39, 0.29) is 0 Å². The first-order valence-corrected chi connectivity index (χ1v) is 7.23. The SMILES string of the molecule is CCNC(CSCC)Cc1cccs1. The Bertz CT molecular complexity index is 221. The van der Waals surface area contributed by atoms with Crippen molar-refractivity contribution in [2.24, 2.45) is 0 Å². The molecule has 1 aromatic heterocycles. The Morgan fingerprint density at radius 1 is 1.50 bits per heavy atom. The molecule has 1 heterocycles. The summed E-state index contributed by atoms with van der Waals surface area (Å²) in [7, 11) is 0. The van der Waals surface area contributed by atoms with Crippen LogP contribution in [0.5, 0.6) is 0 Å². The molecule has 0 fully saturated rings. The third-order valence-electron chi connectivity index (χ3n) is 2.04. The molecular weight excluding hydrogens is 210 g/mol. The minimum atomic E-state index is 0.642. The van der Waals surface area contributed by atoms with Gasteiger partial charge in [0.25, 0.3) is 0 Å². The summed E-state index contributed by atoms with van der Waals surface area (Å²) >= 11 is 3.88. The van der Waals surface area contributed by atoms with Crippen LogP contribution in [0.25, 0.3) is 0 Å². The highest BCUT2D eigenvalue weighted by molar-refractivity contribution is 7.99. The number of hydrogen-bond acceptors (Lipinski definition) is 3. The molecule has 0 aliphatic heterocycles. The van der Waals surface area contributed by atoms with Crippen LogP contribution in [0.1, 0.15) is 18.7 Å². The van der Waals surface area contributed by atoms with Crippen molar-refractivity contribution in [1.82, 2.24) is 5.32 Å². The van der Waals surface area contributed by atoms with Crippen LogP contribution in [0.4, 0.5) is 0 Å². The van der Waals surface area contributed by atoms with Crippen molar-refractivity contribution >= 4 is 23.1 Å². The molecule has 1 unspecified atom stereocenters. The second-order valence-electron chi connectivity index (χ2n) is 3.20. The number of thiophene rings is 1. The quantitative estimate of drug-likeness (QED) is 0.771.